The Morgan fingerprint density at radius 1 is 1.10 bits per heavy atom. The zero-order valence-corrected chi connectivity index (χ0v) is 11.9. The van der Waals surface area contributed by atoms with Gasteiger partial charge in [-0.3, -0.25) is 4.79 Å². The Kier molecular flexibility index (Phi) is 3.62. The summed E-state index contributed by atoms with van der Waals surface area (Å²) in [6.45, 7) is 3.41. The van der Waals surface area contributed by atoms with Gasteiger partial charge in [0.05, 0.1) is 0 Å². The van der Waals surface area contributed by atoms with Crippen LogP contribution in [0.2, 0.25) is 0 Å². The molecular formula is C17H12O3S. The Bertz CT molecular complexity index is 736. The number of carbonyl (C=O) groups excluding carboxylic acids is 2. The maximum atomic E-state index is 12.7. The molecule has 3 nitrogen and oxygen atoms in total. The number of rotatable bonds is 2. The Morgan fingerprint density at radius 3 is 2.52 bits per heavy atom. The molecule has 0 aliphatic carbocycles. The lowest BCUT2D eigenvalue weighted by molar-refractivity contribution is -0.139. The van der Waals surface area contributed by atoms with Crippen LogP contribution < -0.4 is 0 Å². The van der Waals surface area contributed by atoms with Crippen LogP contribution in [0.3, 0.4) is 0 Å². The maximum absolute atomic E-state index is 12.7. The van der Waals surface area contributed by atoms with Crippen LogP contribution in [0.5, 0.6) is 0 Å². The quantitative estimate of drug-likeness (QED) is 0.625. The summed E-state index contributed by atoms with van der Waals surface area (Å²) in [6, 6.07) is 14.6. The van der Waals surface area contributed by atoms with Gasteiger partial charge in [0.15, 0.2) is 11.2 Å². The average molecular weight is 296 g/mol. The normalized spacial score (nSPS) is 16.4. The third-order valence-corrected chi connectivity index (χ3v) is 4.39. The second-order valence-electron chi connectivity index (χ2n) is 4.50. The molecule has 0 N–H and O–H groups in total. The number of hydrogen-bond acceptors (Lipinski definition) is 4. The number of hydrogen-bond donors (Lipinski definition) is 0. The molecule has 0 radical (unpaired) electrons. The minimum absolute atomic E-state index is 0.0501. The van der Waals surface area contributed by atoms with Gasteiger partial charge < -0.3 is 4.74 Å². The summed E-state index contributed by atoms with van der Waals surface area (Å²) in [6.07, 6.45) is 1.13. The number of ether oxygens (including phenoxy) is 1. The second kappa shape index (κ2) is 5.58. The molecule has 1 aliphatic rings. The molecule has 0 amide bonds. The fraction of sp³-hybridized carbons (Fsp3) is 0.0588. The van der Waals surface area contributed by atoms with Gasteiger partial charge in [0.25, 0.3) is 0 Å². The van der Waals surface area contributed by atoms with E-state index < -0.39 is 11.4 Å². The molecule has 1 heterocycles. The molecule has 21 heavy (non-hydrogen) atoms. The molecular weight excluding hydrogens is 284 g/mol. The van der Waals surface area contributed by atoms with E-state index in [4.69, 9.17) is 4.74 Å². The highest BCUT2D eigenvalue weighted by atomic mass is 32.2. The van der Waals surface area contributed by atoms with E-state index in [-0.39, 0.29) is 5.78 Å². The summed E-state index contributed by atoms with van der Waals surface area (Å²) in [5.41, 5.74) is 1.35. The van der Waals surface area contributed by atoms with E-state index in [0.717, 1.165) is 11.0 Å². The predicted octanol–water partition coefficient (Wildman–Crippen LogP) is 3.75. The molecule has 0 spiro atoms. The highest BCUT2D eigenvalue weighted by molar-refractivity contribution is 7.99. The third kappa shape index (κ3) is 2.50. The van der Waals surface area contributed by atoms with Gasteiger partial charge >= 0.3 is 5.97 Å². The van der Waals surface area contributed by atoms with E-state index in [9.17, 15) is 9.59 Å². The zero-order chi connectivity index (χ0) is 14.8. The minimum Gasteiger partial charge on any atom is -0.443 e. The van der Waals surface area contributed by atoms with Crippen LogP contribution >= 0.6 is 11.8 Å². The van der Waals surface area contributed by atoms with Gasteiger partial charge in [0.1, 0.15) is 0 Å². The first-order valence-electron chi connectivity index (χ1n) is 6.43. The first-order chi connectivity index (χ1) is 10.2. The third-order valence-electron chi connectivity index (χ3n) is 3.21. The van der Waals surface area contributed by atoms with Gasteiger partial charge in [0, 0.05) is 27.7 Å². The molecule has 1 atom stereocenters. The lowest BCUT2D eigenvalue weighted by Crippen LogP contribution is -2.09. The Labute approximate surface area is 126 Å². The fourth-order valence-corrected chi connectivity index (χ4v) is 3.38. The van der Waals surface area contributed by atoms with Crippen molar-refractivity contribution in [2.45, 2.75) is 10.3 Å². The van der Waals surface area contributed by atoms with Crippen molar-refractivity contribution in [3.8, 4) is 0 Å². The van der Waals surface area contributed by atoms with Crippen LogP contribution in [0, 0.1) is 0 Å². The maximum Gasteiger partial charge on any atom is 0.331 e. The fourth-order valence-electron chi connectivity index (χ4n) is 2.23. The van der Waals surface area contributed by atoms with Gasteiger partial charge in [0.2, 0.25) is 0 Å². The van der Waals surface area contributed by atoms with Crippen molar-refractivity contribution in [1.82, 2.24) is 0 Å². The Morgan fingerprint density at radius 2 is 1.76 bits per heavy atom. The molecule has 1 aliphatic heterocycles. The number of thioether (sulfide) groups is 1. The molecule has 2 aromatic carbocycles. The summed E-state index contributed by atoms with van der Waals surface area (Å²) in [4.78, 5) is 25.0. The van der Waals surface area contributed by atoms with Gasteiger partial charge in [-0.05, 0) is 12.1 Å². The van der Waals surface area contributed by atoms with Crippen molar-refractivity contribution in [3.63, 3.8) is 0 Å². The van der Waals surface area contributed by atoms with E-state index in [2.05, 4.69) is 6.58 Å². The van der Waals surface area contributed by atoms with Gasteiger partial charge in [-0.15, -0.1) is 0 Å². The van der Waals surface area contributed by atoms with Crippen LogP contribution in [-0.2, 0) is 9.53 Å². The average Bonchev–Trinajstić information content (AvgIpc) is 2.64. The van der Waals surface area contributed by atoms with Gasteiger partial charge in [-0.25, -0.2) is 4.79 Å². The van der Waals surface area contributed by atoms with E-state index in [1.54, 1.807) is 12.1 Å². The molecule has 3 rings (SSSR count). The Balaban J connectivity index is 2.14. The zero-order valence-electron chi connectivity index (χ0n) is 11.1. The number of fused-ring (bicyclic) bond motifs is 2. The number of benzene rings is 2. The van der Waals surface area contributed by atoms with Crippen LogP contribution in [0.25, 0.3) is 0 Å². The topological polar surface area (TPSA) is 43.4 Å². The molecule has 2 aromatic rings. The first-order valence-corrected chi connectivity index (χ1v) is 7.31. The molecule has 0 saturated heterocycles. The van der Waals surface area contributed by atoms with Crippen molar-refractivity contribution in [2.24, 2.45) is 0 Å². The summed E-state index contributed by atoms with van der Waals surface area (Å²) in [5, 5.41) is 0. The van der Waals surface area contributed by atoms with E-state index >= 15 is 0 Å². The van der Waals surface area contributed by atoms with E-state index in [1.807, 2.05) is 36.4 Å². The van der Waals surface area contributed by atoms with Gasteiger partial charge in [-0.2, -0.15) is 0 Å². The number of ketones is 1. The first kappa shape index (κ1) is 13.6. The summed E-state index contributed by atoms with van der Waals surface area (Å²) in [5.74, 6) is -0.556. The standard InChI is InChI=1S/C17H12O3S/c1-2-15(18)20-17-12-8-4-3-7-11(12)16(19)13-9-5-6-10-14(13)21-17/h2-10,17H,1H2. The van der Waals surface area contributed by atoms with Crippen molar-refractivity contribution in [3.05, 3.63) is 77.9 Å². The summed E-state index contributed by atoms with van der Waals surface area (Å²) < 4.78 is 5.41. The monoisotopic (exact) mass is 296 g/mol. The van der Waals surface area contributed by atoms with Crippen molar-refractivity contribution >= 4 is 23.5 Å². The molecule has 1 unspecified atom stereocenters. The van der Waals surface area contributed by atoms with E-state index in [0.29, 0.717) is 16.7 Å². The lowest BCUT2D eigenvalue weighted by atomic mass is 9.99. The minimum atomic E-state index is -0.556. The predicted molar refractivity (Wildman–Crippen MR) is 81.2 cm³/mol. The van der Waals surface area contributed by atoms with Crippen LogP contribution in [0.15, 0.2) is 66.1 Å². The van der Waals surface area contributed by atoms with Crippen molar-refractivity contribution < 1.29 is 14.3 Å². The molecule has 4 heteroatoms. The Hall–Kier alpha value is -2.33. The molecule has 0 aromatic heterocycles. The van der Waals surface area contributed by atoms with E-state index in [1.165, 1.54) is 11.8 Å². The van der Waals surface area contributed by atoms with Crippen molar-refractivity contribution in [1.29, 1.82) is 0 Å². The largest absolute Gasteiger partial charge is 0.443 e. The summed E-state index contributed by atoms with van der Waals surface area (Å²) in [7, 11) is 0. The molecule has 104 valence electrons. The van der Waals surface area contributed by atoms with Gasteiger partial charge in [-0.1, -0.05) is 54.7 Å². The smallest absolute Gasteiger partial charge is 0.331 e. The SMILES string of the molecule is C=CC(=O)OC1Sc2ccccc2C(=O)c2ccccc21. The number of esters is 1. The number of carbonyl (C=O) groups is 2. The van der Waals surface area contributed by atoms with Crippen LogP contribution in [0.1, 0.15) is 26.9 Å². The lowest BCUT2D eigenvalue weighted by Gasteiger charge is -2.16. The summed E-state index contributed by atoms with van der Waals surface area (Å²) >= 11 is 1.36. The van der Waals surface area contributed by atoms with Crippen molar-refractivity contribution in [2.75, 3.05) is 0 Å². The second-order valence-corrected chi connectivity index (χ2v) is 5.61. The molecule has 0 bridgehead atoms. The van der Waals surface area contributed by atoms with Crippen LogP contribution in [0.4, 0.5) is 0 Å². The molecule has 0 fully saturated rings. The molecule has 0 saturated carbocycles. The highest BCUT2D eigenvalue weighted by Gasteiger charge is 2.29. The highest BCUT2D eigenvalue weighted by Crippen LogP contribution is 2.43. The van der Waals surface area contributed by atoms with Crippen LogP contribution in [-0.4, -0.2) is 11.8 Å².